The molecule has 3 heterocycles. The molecule has 2 fully saturated rings. The van der Waals surface area contributed by atoms with Crippen molar-refractivity contribution in [1.82, 2.24) is 24.4 Å². The molecule has 0 aromatic carbocycles. The van der Waals surface area contributed by atoms with Crippen LogP contribution in [-0.4, -0.2) is 43.4 Å². The minimum absolute atomic E-state index is 0.357. The molecule has 2 aromatic heterocycles. The number of aryl methyl sites for hydroxylation is 1. The van der Waals surface area contributed by atoms with Crippen LogP contribution in [0.5, 0.6) is 0 Å². The first-order chi connectivity index (χ1) is 13.2. The lowest BCUT2D eigenvalue weighted by molar-refractivity contribution is -0.133. The van der Waals surface area contributed by atoms with Crippen LogP contribution >= 0.6 is 0 Å². The summed E-state index contributed by atoms with van der Waals surface area (Å²) in [7, 11) is 1.97. The van der Waals surface area contributed by atoms with E-state index in [4.69, 9.17) is 4.98 Å². The van der Waals surface area contributed by atoms with Gasteiger partial charge in [0.25, 0.3) is 0 Å². The van der Waals surface area contributed by atoms with Gasteiger partial charge in [-0.05, 0) is 31.6 Å². The summed E-state index contributed by atoms with van der Waals surface area (Å²) in [5, 5.41) is 0. The quantitative estimate of drug-likeness (QED) is 0.829. The van der Waals surface area contributed by atoms with E-state index in [1.54, 1.807) is 12.5 Å². The minimum Gasteiger partial charge on any atom is -0.343 e. The van der Waals surface area contributed by atoms with Crippen molar-refractivity contribution in [2.45, 2.75) is 57.3 Å². The number of imidazole rings is 1. The highest BCUT2D eigenvalue weighted by molar-refractivity contribution is 5.76. The Hall–Kier alpha value is -2.24. The maximum absolute atomic E-state index is 12.6. The molecule has 6 nitrogen and oxygen atoms in total. The van der Waals surface area contributed by atoms with Crippen molar-refractivity contribution in [3.05, 3.63) is 30.6 Å². The van der Waals surface area contributed by atoms with Crippen LogP contribution in [0.3, 0.4) is 0 Å². The number of carbonyl (C=O) groups is 1. The Morgan fingerprint density at radius 3 is 2.52 bits per heavy atom. The van der Waals surface area contributed by atoms with Crippen molar-refractivity contribution < 1.29 is 4.79 Å². The summed E-state index contributed by atoms with van der Waals surface area (Å²) in [5.41, 5.74) is 2.88. The monoisotopic (exact) mass is 367 g/mol. The number of nitrogens with zero attached hydrogens (tertiary/aromatic N) is 5. The molecule has 1 saturated heterocycles. The fraction of sp³-hybridized carbons (Fsp3) is 0.619. The summed E-state index contributed by atoms with van der Waals surface area (Å²) in [4.78, 5) is 28.1. The Kier molecular flexibility index (Phi) is 5.50. The van der Waals surface area contributed by atoms with Gasteiger partial charge in [-0.15, -0.1) is 0 Å². The number of hydrogen-bond acceptors (Lipinski definition) is 4. The van der Waals surface area contributed by atoms with Crippen LogP contribution in [0.25, 0.3) is 11.4 Å². The van der Waals surface area contributed by atoms with Crippen LogP contribution in [0.1, 0.15) is 63.0 Å². The minimum atomic E-state index is 0.357. The molecule has 1 saturated carbocycles. The lowest BCUT2D eigenvalue weighted by atomic mass is 9.86. The summed E-state index contributed by atoms with van der Waals surface area (Å²) >= 11 is 0. The molecule has 1 aliphatic carbocycles. The molecule has 2 aliphatic rings. The molecular formula is C21H29N5O. The van der Waals surface area contributed by atoms with E-state index in [9.17, 15) is 4.79 Å². The lowest BCUT2D eigenvalue weighted by Gasteiger charge is -2.33. The maximum atomic E-state index is 12.6. The van der Waals surface area contributed by atoms with Crippen molar-refractivity contribution in [3.63, 3.8) is 0 Å². The topological polar surface area (TPSA) is 63.9 Å². The Balaban J connectivity index is 1.35. The highest BCUT2D eigenvalue weighted by atomic mass is 16.2. The number of rotatable bonds is 4. The predicted molar refractivity (Wildman–Crippen MR) is 104 cm³/mol. The van der Waals surface area contributed by atoms with E-state index in [1.807, 2.05) is 24.0 Å². The van der Waals surface area contributed by atoms with Gasteiger partial charge in [-0.3, -0.25) is 9.78 Å². The van der Waals surface area contributed by atoms with Gasteiger partial charge in [-0.25, -0.2) is 9.97 Å². The molecule has 27 heavy (non-hydrogen) atoms. The predicted octanol–water partition coefficient (Wildman–Crippen LogP) is 3.55. The van der Waals surface area contributed by atoms with Crippen LogP contribution in [0.2, 0.25) is 0 Å². The number of piperidine rings is 1. The highest BCUT2D eigenvalue weighted by Gasteiger charge is 2.27. The second-order valence-electron chi connectivity index (χ2n) is 8.08. The van der Waals surface area contributed by atoms with Gasteiger partial charge in [-0.2, -0.15) is 0 Å². The van der Waals surface area contributed by atoms with E-state index in [2.05, 4.69) is 14.9 Å². The van der Waals surface area contributed by atoms with Crippen LogP contribution in [0.4, 0.5) is 0 Å². The van der Waals surface area contributed by atoms with Gasteiger partial charge in [0.2, 0.25) is 5.91 Å². The SMILES string of the molecule is Cn1cncc1-c1cncc(C2CCN(C(=O)CC3CCCCC3)CC2)n1. The summed E-state index contributed by atoms with van der Waals surface area (Å²) in [5.74, 6) is 1.35. The molecule has 1 amide bonds. The van der Waals surface area contributed by atoms with E-state index in [1.165, 1.54) is 32.1 Å². The zero-order valence-electron chi connectivity index (χ0n) is 16.2. The van der Waals surface area contributed by atoms with E-state index in [-0.39, 0.29) is 0 Å². The third-order valence-electron chi connectivity index (χ3n) is 6.19. The van der Waals surface area contributed by atoms with Crippen LogP contribution < -0.4 is 0 Å². The Bertz CT molecular complexity index is 772. The highest BCUT2D eigenvalue weighted by Crippen LogP contribution is 2.30. The van der Waals surface area contributed by atoms with Crippen molar-refractivity contribution in [2.24, 2.45) is 13.0 Å². The molecule has 0 spiro atoms. The standard InChI is InChI=1S/C21H29N5O/c1-25-15-23-14-20(25)19-13-22-12-18(24-19)17-7-9-26(10-8-17)21(27)11-16-5-3-2-4-6-16/h12-17H,2-11H2,1H3. The molecule has 1 aliphatic heterocycles. The van der Waals surface area contributed by atoms with E-state index >= 15 is 0 Å². The molecule has 0 bridgehead atoms. The molecule has 0 unspecified atom stereocenters. The van der Waals surface area contributed by atoms with Crippen molar-refractivity contribution in [1.29, 1.82) is 0 Å². The Labute approximate surface area is 161 Å². The normalized spacial score (nSPS) is 19.4. The van der Waals surface area contributed by atoms with Crippen LogP contribution in [0, 0.1) is 5.92 Å². The number of carbonyl (C=O) groups excluding carboxylic acids is 1. The third-order valence-corrected chi connectivity index (χ3v) is 6.19. The number of aromatic nitrogens is 4. The molecule has 144 valence electrons. The zero-order valence-corrected chi connectivity index (χ0v) is 16.2. The molecule has 0 atom stereocenters. The van der Waals surface area contributed by atoms with Gasteiger partial charge in [0, 0.05) is 38.7 Å². The fourth-order valence-electron chi connectivity index (χ4n) is 4.50. The van der Waals surface area contributed by atoms with Gasteiger partial charge in [0.15, 0.2) is 0 Å². The van der Waals surface area contributed by atoms with E-state index in [0.29, 0.717) is 17.7 Å². The second kappa shape index (κ2) is 8.19. The smallest absolute Gasteiger partial charge is 0.222 e. The summed E-state index contributed by atoms with van der Waals surface area (Å²) in [6.07, 6.45) is 16.4. The maximum Gasteiger partial charge on any atom is 0.222 e. The zero-order chi connectivity index (χ0) is 18.6. The Morgan fingerprint density at radius 1 is 1.04 bits per heavy atom. The Morgan fingerprint density at radius 2 is 1.81 bits per heavy atom. The summed E-state index contributed by atoms with van der Waals surface area (Å²) in [6.45, 7) is 1.68. The number of amides is 1. The van der Waals surface area contributed by atoms with Crippen molar-refractivity contribution in [2.75, 3.05) is 13.1 Å². The first-order valence-electron chi connectivity index (χ1n) is 10.3. The van der Waals surface area contributed by atoms with Crippen molar-refractivity contribution >= 4 is 5.91 Å². The second-order valence-corrected chi connectivity index (χ2v) is 8.08. The van der Waals surface area contributed by atoms with Gasteiger partial charge < -0.3 is 9.47 Å². The number of hydrogen-bond donors (Lipinski definition) is 0. The third kappa shape index (κ3) is 4.20. The van der Waals surface area contributed by atoms with Gasteiger partial charge in [0.05, 0.1) is 30.1 Å². The average molecular weight is 367 g/mol. The fourth-order valence-corrected chi connectivity index (χ4v) is 4.50. The lowest BCUT2D eigenvalue weighted by Crippen LogP contribution is -2.39. The molecule has 0 radical (unpaired) electrons. The summed E-state index contributed by atoms with van der Waals surface area (Å²) in [6, 6.07) is 0. The number of likely N-dealkylation sites (tertiary alicyclic amines) is 1. The van der Waals surface area contributed by atoms with E-state index in [0.717, 1.165) is 49.4 Å². The van der Waals surface area contributed by atoms with Crippen LogP contribution in [-0.2, 0) is 11.8 Å². The molecule has 4 rings (SSSR count). The first kappa shape index (κ1) is 18.1. The van der Waals surface area contributed by atoms with Gasteiger partial charge in [0.1, 0.15) is 5.69 Å². The van der Waals surface area contributed by atoms with Gasteiger partial charge >= 0.3 is 0 Å². The van der Waals surface area contributed by atoms with Crippen molar-refractivity contribution in [3.8, 4) is 11.4 Å². The molecule has 2 aromatic rings. The summed E-state index contributed by atoms with van der Waals surface area (Å²) < 4.78 is 1.96. The van der Waals surface area contributed by atoms with Gasteiger partial charge in [-0.1, -0.05) is 19.3 Å². The average Bonchev–Trinajstić information content (AvgIpc) is 3.15. The first-order valence-corrected chi connectivity index (χ1v) is 10.3. The molecule has 6 heteroatoms. The van der Waals surface area contributed by atoms with Crippen LogP contribution in [0.15, 0.2) is 24.9 Å². The molecule has 0 N–H and O–H groups in total. The van der Waals surface area contributed by atoms with E-state index < -0.39 is 0 Å². The largest absolute Gasteiger partial charge is 0.343 e. The molecular weight excluding hydrogens is 338 g/mol.